The number of halogens is 1. The molecule has 1 saturated heterocycles. The van der Waals surface area contributed by atoms with Crippen LogP contribution in [0.2, 0.25) is 5.02 Å². The lowest BCUT2D eigenvalue weighted by atomic mass is 10.1. The van der Waals surface area contributed by atoms with Crippen LogP contribution >= 0.6 is 11.6 Å². The number of amides is 4. The molecule has 0 aromatic heterocycles. The minimum Gasteiger partial charge on any atom is -0.490 e. The Balaban J connectivity index is 1.51. The number of rotatable bonds is 11. The standard InChI is InChI=1S/C30H29ClN2O6/c1-3-14-38-26-13-10-22(17-27(26)37-4-2)18-33-29(35)25(28(34)32-30(33)36)16-21-6-5-7-24(15-21)39-19-20-8-11-23(31)12-9-20/h5-13,15-17H,3-4,14,18-19H2,1-2H3,(H,32,34,36)/b25-16-. The predicted molar refractivity (Wildman–Crippen MR) is 148 cm³/mol. The summed E-state index contributed by atoms with van der Waals surface area (Å²) in [6.45, 7) is 5.11. The first-order valence-electron chi connectivity index (χ1n) is 12.6. The van der Waals surface area contributed by atoms with Crippen molar-refractivity contribution in [2.24, 2.45) is 0 Å². The fraction of sp³-hybridized carbons (Fsp3) is 0.233. The van der Waals surface area contributed by atoms with Gasteiger partial charge in [0.05, 0.1) is 19.8 Å². The third-order valence-electron chi connectivity index (χ3n) is 5.78. The summed E-state index contributed by atoms with van der Waals surface area (Å²) in [6.07, 6.45) is 2.29. The Hall–Kier alpha value is -4.30. The van der Waals surface area contributed by atoms with E-state index in [-0.39, 0.29) is 12.1 Å². The zero-order valence-electron chi connectivity index (χ0n) is 21.7. The second-order valence-corrected chi connectivity index (χ2v) is 9.20. The molecular weight excluding hydrogens is 520 g/mol. The molecule has 202 valence electrons. The van der Waals surface area contributed by atoms with Gasteiger partial charge >= 0.3 is 6.03 Å². The molecule has 0 radical (unpaired) electrons. The largest absolute Gasteiger partial charge is 0.490 e. The maximum atomic E-state index is 13.3. The van der Waals surface area contributed by atoms with Gasteiger partial charge < -0.3 is 14.2 Å². The topological polar surface area (TPSA) is 94.2 Å². The zero-order chi connectivity index (χ0) is 27.8. The van der Waals surface area contributed by atoms with Gasteiger partial charge in [0.2, 0.25) is 0 Å². The number of carbonyl (C=O) groups excluding carboxylic acids is 3. The van der Waals surface area contributed by atoms with Gasteiger partial charge in [-0.2, -0.15) is 0 Å². The van der Waals surface area contributed by atoms with Gasteiger partial charge in [-0.3, -0.25) is 19.8 Å². The number of hydrogen-bond acceptors (Lipinski definition) is 6. The van der Waals surface area contributed by atoms with Gasteiger partial charge in [0.25, 0.3) is 11.8 Å². The first kappa shape index (κ1) is 27.7. The second-order valence-electron chi connectivity index (χ2n) is 8.76. The Morgan fingerprint density at radius 2 is 1.64 bits per heavy atom. The molecule has 1 aliphatic rings. The molecule has 3 aromatic carbocycles. The highest BCUT2D eigenvalue weighted by Gasteiger charge is 2.35. The van der Waals surface area contributed by atoms with Gasteiger partial charge in [0.15, 0.2) is 11.5 Å². The molecule has 4 amide bonds. The van der Waals surface area contributed by atoms with Gasteiger partial charge in [-0.05, 0) is 72.5 Å². The van der Waals surface area contributed by atoms with Gasteiger partial charge in [0.1, 0.15) is 17.9 Å². The normalized spacial score (nSPS) is 14.4. The van der Waals surface area contributed by atoms with Gasteiger partial charge in [0, 0.05) is 5.02 Å². The fourth-order valence-electron chi connectivity index (χ4n) is 3.88. The molecule has 0 atom stereocenters. The Bertz CT molecular complexity index is 1390. The maximum absolute atomic E-state index is 13.3. The van der Waals surface area contributed by atoms with Gasteiger partial charge in [-0.25, -0.2) is 4.79 Å². The summed E-state index contributed by atoms with van der Waals surface area (Å²) in [6, 6.07) is 18.8. The van der Waals surface area contributed by atoms with Crippen molar-refractivity contribution in [3.8, 4) is 17.2 Å². The van der Waals surface area contributed by atoms with Crippen molar-refractivity contribution in [1.82, 2.24) is 10.2 Å². The van der Waals surface area contributed by atoms with Crippen molar-refractivity contribution in [3.63, 3.8) is 0 Å². The number of urea groups is 1. The Labute approximate surface area is 232 Å². The van der Waals surface area contributed by atoms with Crippen molar-refractivity contribution in [1.29, 1.82) is 0 Å². The molecule has 0 bridgehead atoms. The number of nitrogens with one attached hydrogen (secondary N) is 1. The van der Waals surface area contributed by atoms with E-state index in [2.05, 4.69) is 5.32 Å². The van der Waals surface area contributed by atoms with Crippen LogP contribution in [0.25, 0.3) is 6.08 Å². The van der Waals surface area contributed by atoms with E-state index in [1.165, 1.54) is 6.08 Å². The molecule has 9 heteroatoms. The van der Waals surface area contributed by atoms with E-state index in [4.69, 9.17) is 25.8 Å². The number of hydrogen-bond donors (Lipinski definition) is 1. The number of carbonyl (C=O) groups is 3. The highest BCUT2D eigenvalue weighted by Crippen LogP contribution is 2.30. The number of barbiturate groups is 1. The van der Waals surface area contributed by atoms with Crippen molar-refractivity contribution in [3.05, 3.63) is 94.0 Å². The van der Waals surface area contributed by atoms with Crippen molar-refractivity contribution in [2.45, 2.75) is 33.4 Å². The van der Waals surface area contributed by atoms with E-state index >= 15 is 0 Å². The van der Waals surface area contributed by atoms with E-state index in [0.717, 1.165) is 16.9 Å². The molecule has 1 heterocycles. The fourth-order valence-corrected chi connectivity index (χ4v) is 4.00. The molecule has 1 fully saturated rings. The summed E-state index contributed by atoms with van der Waals surface area (Å²) in [7, 11) is 0. The molecule has 0 spiro atoms. The van der Waals surface area contributed by atoms with E-state index < -0.39 is 17.8 Å². The molecular formula is C30H29ClN2O6. The van der Waals surface area contributed by atoms with Crippen molar-refractivity contribution >= 4 is 35.5 Å². The van der Waals surface area contributed by atoms with Crippen LogP contribution in [-0.2, 0) is 22.7 Å². The summed E-state index contributed by atoms with van der Waals surface area (Å²) < 4.78 is 17.3. The molecule has 4 rings (SSSR count). The van der Waals surface area contributed by atoms with Crippen molar-refractivity contribution in [2.75, 3.05) is 13.2 Å². The van der Waals surface area contributed by atoms with Crippen LogP contribution in [0, 0.1) is 0 Å². The summed E-state index contributed by atoms with van der Waals surface area (Å²) in [5.74, 6) is 0.221. The van der Waals surface area contributed by atoms with Crippen molar-refractivity contribution < 1.29 is 28.6 Å². The number of imide groups is 2. The summed E-state index contributed by atoms with van der Waals surface area (Å²) in [4.78, 5) is 39.5. The number of ether oxygens (including phenoxy) is 3. The molecule has 1 aliphatic heterocycles. The van der Waals surface area contributed by atoms with Gasteiger partial charge in [-0.1, -0.05) is 48.9 Å². The molecule has 0 unspecified atom stereocenters. The summed E-state index contributed by atoms with van der Waals surface area (Å²) in [5, 5.41) is 2.90. The molecule has 0 aliphatic carbocycles. The highest BCUT2D eigenvalue weighted by molar-refractivity contribution is 6.31. The Morgan fingerprint density at radius 3 is 2.38 bits per heavy atom. The minimum atomic E-state index is -0.786. The monoisotopic (exact) mass is 548 g/mol. The van der Waals surface area contributed by atoms with E-state index in [1.54, 1.807) is 54.6 Å². The van der Waals surface area contributed by atoms with Crippen LogP contribution in [0.5, 0.6) is 17.2 Å². The lowest BCUT2D eigenvalue weighted by Gasteiger charge is -2.26. The van der Waals surface area contributed by atoms with Crippen LogP contribution < -0.4 is 19.5 Å². The Kier molecular flexibility index (Phi) is 9.22. The lowest BCUT2D eigenvalue weighted by Crippen LogP contribution is -2.53. The second kappa shape index (κ2) is 13.0. The van der Waals surface area contributed by atoms with E-state index in [0.29, 0.717) is 53.2 Å². The molecule has 3 aromatic rings. The van der Waals surface area contributed by atoms with Crippen LogP contribution in [0.15, 0.2) is 72.3 Å². The SMILES string of the molecule is CCCOc1ccc(CN2C(=O)NC(=O)/C(=C/c3cccc(OCc4ccc(Cl)cc4)c3)C2=O)cc1OCC. The number of benzene rings is 3. The lowest BCUT2D eigenvalue weighted by molar-refractivity contribution is -0.130. The first-order chi connectivity index (χ1) is 18.9. The van der Waals surface area contributed by atoms with Crippen LogP contribution in [0.3, 0.4) is 0 Å². The van der Waals surface area contributed by atoms with E-state index in [9.17, 15) is 14.4 Å². The highest BCUT2D eigenvalue weighted by atomic mass is 35.5. The Morgan fingerprint density at radius 1 is 0.872 bits per heavy atom. The minimum absolute atomic E-state index is 0.0480. The smallest absolute Gasteiger partial charge is 0.331 e. The molecule has 1 N–H and O–H groups in total. The first-order valence-corrected chi connectivity index (χ1v) is 13.0. The molecule has 0 saturated carbocycles. The third kappa shape index (κ3) is 7.18. The summed E-state index contributed by atoms with van der Waals surface area (Å²) >= 11 is 5.93. The number of nitrogens with zero attached hydrogens (tertiary/aromatic N) is 1. The van der Waals surface area contributed by atoms with Crippen LogP contribution in [0.1, 0.15) is 37.0 Å². The van der Waals surface area contributed by atoms with Crippen LogP contribution in [0.4, 0.5) is 4.79 Å². The quantitative estimate of drug-likeness (QED) is 0.241. The predicted octanol–water partition coefficient (Wildman–Crippen LogP) is 5.77. The molecule has 39 heavy (non-hydrogen) atoms. The van der Waals surface area contributed by atoms with Crippen LogP contribution in [-0.4, -0.2) is 36.0 Å². The average molecular weight is 549 g/mol. The van der Waals surface area contributed by atoms with Gasteiger partial charge in [-0.15, -0.1) is 0 Å². The third-order valence-corrected chi connectivity index (χ3v) is 6.04. The zero-order valence-corrected chi connectivity index (χ0v) is 22.5. The maximum Gasteiger partial charge on any atom is 0.331 e. The average Bonchev–Trinajstić information content (AvgIpc) is 2.93. The van der Waals surface area contributed by atoms with E-state index in [1.807, 2.05) is 26.0 Å². The molecule has 8 nitrogen and oxygen atoms in total. The summed E-state index contributed by atoms with van der Waals surface area (Å²) in [5.41, 5.74) is 2.01.